The number of benzene rings is 1. The smallest absolute Gasteiger partial charge is 0.0833 e. The third kappa shape index (κ3) is 4.09. The van der Waals surface area contributed by atoms with Crippen LogP contribution in [0.2, 0.25) is 0 Å². The standard InChI is InChI=1S/C14H19BrNO/c1-11(2)7-16-8-14(9-16)17-10-12-3-5-13(15)6-4-12/h3-6,14H,7-10H2,1-2H3. The second-order valence-corrected chi connectivity index (χ2v) is 5.88. The molecule has 0 amide bonds. The van der Waals surface area contributed by atoms with Gasteiger partial charge in [0.1, 0.15) is 0 Å². The summed E-state index contributed by atoms with van der Waals surface area (Å²) >= 11 is 3.43. The Morgan fingerprint density at radius 3 is 2.53 bits per heavy atom. The highest BCUT2D eigenvalue weighted by Gasteiger charge is 2.27. The lowest BCUT2D eigenvalue weighted by molar-refractivity contribution is -0.0604. The molecule has 1 aromatic carbocycles. The SMILES string of the molecule is C[C](C)CN1CC(OCc2ccc(Br)cc2)C1. The summed E-state index contributed by atoms with van der Waals surface area (Å²) in [4.78, 5) is 2.42. The molecule has 0 atom stereocenters. The molecular weight excluding hydrogens is 278 g/mol. The lowest BCUT2D eigenvalue weighted by Gasteiger charge is -2.39. The van der Waals surface area contributed by atoms with Gasteiger partial charge in [0.25, 0.3) is 0 Å². The molecular formula is C14H19BrNO. The first kappa shape index (κ1) is 13.1. The molecule has 0 aromatic heterocycles. The van der Waals surface area contributed by atoms with Crippen LogP contribution in [0.4, 0.5) is 0 Å². The predicted octanol–water partition coefficient (Wildman–Crippen LogP) is 3.26. The molecule has 1 radical (unpaired) electrons. The molecule has 0 N–H and O–H groups in total. The van der Waals surface area contributed by atoms with Gasteiger partial charge in [-0.05, 0) is 23.6 Å². The Labute approximate surface area is 112 Å². The van der Waals surface area contributed by atoms with E-state index in [1.54, 1.807) is 0 Å². The average Bonchev–Trinajstić information content (AvgIpc) is 2.23. The van der Waals surface area contributed by atoms with E-state index in [4.69, 9.17) is 4.74 Å². The molecule has 0 unspecified atom stereocenters. The lowest BCUT2D eigenvalue weighted by Crippen LogP contribution is -2.52. The van der Waals surface area contributed by atoms with E-state index in [0.29, 0.717) is 6.10 Å². The van der Waals surface area contributed by atoms with E-state index in [1.807, 2.05) is 0 Å². The number of likely N-dealkylation sites (tertiary alicyclic amines) is 1. The van der Waals surface area contributed by atoms with Gasteiger partial charge >= 0.3 is 0 Å². The third-order valence-electron chi connectivity index (χ3n) is 2.86. The molecule has 3 heteroatoms. The molecule has 0 spiro atoms. The van der Waals surface area contributed by atoms with Crippen LogP contribution >= 0.6 is 15.9 Å². The van der Waals surface area contributed by atoms with Crippen molar-refractivity contribution in [3.8, 4) is 0 Å². The van der Waals surface area contributed by atoms with Crippen LogP contribution in [0.15, 0.2) is 28.7 Å². The summed E-state index contributed by atoms with van der Waals surface area (Å²) in [5.41, 5.74) is 1.24. The first-order valence-electron chi connectivity index (χ1n) is 6.01. The molecule has 2 nitrogen and oxygen atoms in total. The molecule has 1 heterocycles. The largest absolute Gasteiger partial charge is 0.371 e. The van der Waals surface area contributed by atoms with Crippen molar-refractivity contribution < 1.29 is 4.74 Å². The second-order valence-electron chi connectivity index (χ2n) is 4.96. The Hall–Kier alpha value is -0.380. The minimum absolute atomic E-state index is 0.415. The van der Waals surface area contributed by atoms with Gasteiger partial charge in [-0.1, -0.05) is 41.9 Å². The van der Waals surface area contributed by atoms with Crippen molar-refractivity contribution in [3.63, 3.8) is 0 Å². The molecule has 1 fully saturated rings. The minimum Gasteiger partial charge on any atom is -0.371 e. The molecule has 0 bridgehead atoms. The van der Waals surface area contributed by atoms with Gasteiger partial charge in [0, 0.05) is 24.1 Å². The van der Waals surface area contributed by atoms with Gasteiger partial charge in [-0.15, -0.1) is 0 Å². The van der Waals surface area contributed by atoms with Crippen molar-refractivity contribution in [1.82, 2.24) is 4.90 Å². The van der Waals surface area contributed by atoms with Crippen molar-refractivity contribution in [1.29, 1.82) is 0 Å². The highest BCUT2D eigenvalue weighted by atomic mass is 79.9. The molecule has 17 heavy (non-hydrogen) atoms. The van der Waals surface area contributed by atoms with Crippen LogP contribution in [0.1, 0.15) is 19.4 Å². The summed E-state index contributed by atoms with van der Waals surface area (Å²) in [6.45, 7) is 8.33. The van der Waals surface area contributed by atoms with Gasteiger partial charge in [-0.3, -0.25) is 4.90 Å². The number of ether oxygens (including phenoxy) is 1. The Bertz CT molecular complexity index is 344. The maximum absolute atomic E-state index is 5.85. The third-order valence-corrected chi connectivity index (χ3v) is 3.39. The maximum atomic E-state index is 5.85. The number of hydrogen-bond acceptors (Lipinski definition) is 2. The minimum atomic E-state index is 0.415. The summed E-state index contributed by atoms with van der Waals surface area (Å²) < 4.78 is 6.97. The van der Waals surface area contributed by atoms with Crippen LogP contribution in [-0.2, 0) is 11.3 Å². The quantitative estimate of drug-likeness (QED) is 0.827. The number of nitrogens with zero attached hydrogens (tertiary/aromatic N) is 1. The first-order chi connectivity index (χ1) is 8.13. The van der Waals surface area contributed by atoms with Crippen molar-refractivity contribution in [2.24, 2.45) is 0 Å². The van der Waals surface area contributed by atoms with Crippen molar-refractivity contribution in [2.75, 3.05) is 19.6 Å². The fraction of sp³-hybridized carbons (Fsp3) is 0.500. The van der Waals surface area contributed by atoms with E-state index in [0.717, 1.165) is 30.7 Å². The summed E-state index contributed by atoms with van der Waals surface area (Å²) in [5, 5.41) is 0. The molecule has 1 saturated heterocycles. The average molecular weight is 297 g/mol. The Morgan fingerprint density at radius 2 is 1.94 bits per heavy atom. The Kier molecular flexibility index (Phi) is 4.60. The zero-order valence-electron chi connectivity index (χ0n) is 10.4. The lowest BCUT2D eigenvalue weighted by atomic mass is 10.1. The highest BCUT2D eigenvalue weighted by Crippen LogP contribution is 2.17. The van der Waals surface area contributed by atoms with Crippen LogP contribution < -0.4 is 0 Å². The van der Waals surface area contributed by atoms with Crippen LogP contribution in [0.5, 0.6) is 0 Å². The second kappa shape index (κ2) is 5.98. The van der Waals surface area contributed by atoms with E-state index in [1.165, 1.54) is 11.5 Å². The van der Waals surface area contributed by atoms with Gasteiger partial charge in [0.05, 0.1) is 12.7 Å². The normalized spacial score (nSPS) is 17.4. The van der Waals surface area contributed by atoms with Crippen LogP contribution in [0, 0.1) is 5.92 Å². The Morgan fingerprint density at radius 1 is 1.29 bits per heavy atom. The molecule has 93 valence electrons. The van der Waals surface area contributed by atoms with E-state index < -0.39 is 0 Å². The zero-order chi connectivity index (χ0) is 12.3. The van der Waals surface area contributed by atoms with Gasteiger partial charge in [0.15, 0.2) is 0 Å². The number of hydrogen-bond donors (Lipinski definition) is 0. The fourth-order valence-corrected chi connectivity index (χ4v) is 2.26. The molecule has 1 aliphatic rings. The predicted molar refractivity (Wildman–Crippen MR) is 73.8 cm³/mol. The Balaban J connectivity index is 1.66. The van der Waals surface area contributed by atoms with Crippen LogP contribution in [0.25, 0.3) is 0 Å². The monoisotopic (exact) mass is 296 g/mol. The highest BCUT2D eigenvalue weighted by molar-refractivity contribution is 9.10. The van der Waals surface area contributed by atoms with Gasteiger partial charge in [-0.2, -0.15) is 0 Å². The topological polar surface area (TPSA) is 12.5 Å². The van der Waals surface area contributed by atoms with Gasteiger partial charge in [-0.25, -0.2) is 0 Å². The van der Waals surface area contributed by atoms with Gasteiger partial charge in [0.2, 0.25) is 0 Å². The van der Waals surface area contributed by atoms with E-state index in [-0.39, 0.29) is 0 Å². The molecule has 0 saturated carbocycles. The molecule has 1 aromatic rings. The van der Waals surface area contributed by atoms with Crippen LogP contribution in [0.3, 0.4) is 0 Å². The summed E-state index contributed by atoms with van der Waals surface area (Å²) in [6.07, 6.45) is 0.415. The maximum Gasteiger partial charge on any atom is 0.0833 e. The molecule has 2 rings (SSSR count). The van der Waals surface area contributed by atoms with Crippen LogP contribution in [-0.4, -0.2) is 30.6 Å². The van der Waals surface area contributed by atoms with Crippen molar-refractivity contribution in [3.05, 3.63) is 40.2 Å². The number of halogens is 1. The first-order valence-corrected chi connectivity index (χ1v) is 6.80. The van der Waals surface area contributed by atoms with Gasteiger partial charge < -0.3 is 4.74 Å². The molecule has 0 aliphatic carbocycles. The summed E-state index contributed by atoms with van der Waals surface area (Å²) in [5.74, 6) is 1.47. The van der Waals surface area contributed by atoms with E-state index in [9.17, 15) is 0 Å². The van der Waals surface area contributed by atoms with Crippen molar-refractivity contribution in [2.45, 2.75) is 26.6 Å². The fourth-order valence-electron chi connectivity index (χ4n) is 2.00. The zero-order valence-corrected chi connectivity index (χ0v) is 12.0. The van der Waals surface area contributed by atoms with E-state index in [2.05, 4.69) is 58.9 Å². The molecule has 1 aliphatic heterocycles. The summed E-state index contributed by atoms with van der Waals surface area (Å²) in [7, 11) is 0. The van der Waals surface area contributed by atoms with E-state index >= 15 is 0 Å². The number of rotatable bonds is 5. The summed E-state index contributed by atoms with van der Waals surface area (Å²) in [6, 6.07) is 8.32. The van der Waals surface area contributed by atoms with Crippen molar-refractivity contribution >= 4 is 15.9 Å².